The van der Waals surface area contributed by atoms with Crippen LogP contribution < -0.4 is 4.74 Å². The van der Waals surface area contributed by atoms with Gasteiger partial charge in [0.15, 0.2) is 6.61 Å². The molecular formula is C24H28N4O2. The normalized spacial score (nSPS) is 14.6. The lowest BCUT2D eigenvalue weighted by molar-refractivity contribution is -0.135. The van der Waals surface area contributed by atoms with Crippen LogP contribution >= 0.6 is 0 Å². The average molecular weight is 405 g/mol. The van der Waals surface area contributed by atoms with Gasteiger partial charge in [0.1, 0.15) is 11.6 Å². The van der Waals surface area contributed by atoms with Crippen molar-refractivity contribution < 1.29 is 9.53 Å². The number of hydrogen-bond donors (Lipinski definition) is 0. The van der Waals surface area contributed by atoms with Gasteiger partial charge >= 0.3 is 0 Å². The molecule has 4 rings (SSSR count). The maximum absolute atomic E-state index is 12.5. The number of hydrogen-bond acceptors (Lipinski definition) is 4. The van der Waals surface area contributed by atoms with Gasteiger partial charge in [0.2, 0.25) is 0 Å². The summed E-state index contributed by atoms with van der Waals surface area (Å²) in [6.07, 6.45) is 3.89. The summed E-state index contributed by atoms with van der Waals surface area (Å²) < 4.78 is 7.86. The molecule has 2 heterocycles. The molecular weight excluding hydrogens is 376 g/mol. The maximum Gasteiger partial charge on any atom is 0.260 e. The van der Waals surface area contributed by atoms with Crippen molar-refractivity contribution in [3.05, 3.63) is 72.6 Å². The summed E-state index contributed by atoms with van der Waals surface area (Å²) >= 11 is 0. The van der Waals surface area contributed by atoms with Gasteiger partial charge in [-0.25, -0.2) is 4.98 Å². The minimum absolute atomic E-state index is 0.0529. The number of aromatic nitrogens is 2. The fourth-order valence-electron chi connectivity index (χ4n) is 3.75. The molecule has 6 heteroatoms. The van der Waals surface area contributed by atoms with Crippen LogP contribution in [0.4, 0.5) is 0 Å². The Balaban J connectivity index is 1.23. The van der Waals surface area contributed by atoms with E-state index in [0.29, 0.717) is 0 Å². The third kappa shape index (κ3) is 5.07. The Morgan fingerprint density at radius 2 is 1.80 bits per heavy atom. The Labute approximate surface area is 177 Å². The van der Waals surface area contributed by atoms with E-state index in [2.05, 4.69) is 26.6 Å². The smallest absolute Gasteiger partial charge is 0.260 e. The monoisotopic (exact) mass is 404 g/mol. The summed E-state index contributed by atoms with van der Waals surface area (Å²) in [4.78, 5) is 21.3. The second-order valence-corrected chi connectivity index (χ2v) is 7.64. The first-order valence-electron chi connectivity index (χ1n) is 10.5. The van der Waals surface area contributed by atoms with Crippen LogP contribution in [0, 0.1) is 6.92 Å². The second-order valence-electron chi connectivity index (χ2n) is 7.64. The third-order valence-corrected chi connectivity index (χ3v) is 5.48. The molecule has 0 bridgehead atoms. The molecule has 1 aliphatic rings. The number of rotatable bonds is 7. The van der Waals surface area contributed by atoms with E-state index in [4.69, 9.17) is 4.74 Å². The number of carbonyl (C=O) groups is 1. The Morgan fingerprint density at radius 3 is 2.57 bits per heavy atom. The van der Waals surface area contributed by atoms with Crippen molar-refractivity contribution in [1.82, 2.24) is 19.4 Å². The van der Waals surface area contributed by atoms with Gasteiger partial charge in [0.05, 0.1) is 0 Å². The van der Waals surface area contributed by atoms with Crippen LogP contribution in [0.3, 0.4) is 0 Å². The minimum atomic E-state index is 0.0529. The first-order valence-corrected chi connectivity index (χ1v) is 10.5. The fraction of sp³-hybridized carbons (Fsp3) is 0.333. The number of ether oxygens (including phenoxy) is 1. The lowest BCUT2D eigenvalue weighted by atomic mass is 10.2. The topological polar surface area (TPSA) is 50.6 Å². The van der Waals surface area contributed by atoms with E-state index in [1.807, 2.05) is 66.7 Å². The number of piperazine rings is 1. The Bertz CT molecular complexity index is 962. The second kappa shape index (κ2) is 9.59. The zero-order valence-corrected chi connectivity index (χ0v) is 17.4. The predicted molar refractivity (Wildman–Crippen MR) is 117 cm³/mol. The van der Waals surface area contributed by atoms with Crippen molar-refractivity contribution >= 4 is 5.91 Å². The fourth-order valence-corrected chi connectivity index (χ4v) is 3.75. The highest BCUT2D eigenvalue weighted by Gasteiger charge is 2.21. The molecule has 3 aromatic rings. The molecule has 1 saturated heterocycles. The summed E-state index contributed by atoms with van der Waals surface area (Å²) in [5.41, 5.74) is 2.26. The molecule has 0 unspecified atom stereocenters. The number of nitrogens with zero attached hydrogens (tertiary/aromatic N) is 4. The first kappa shape index (κ1) is 20.2. The quantitative estimate of drug-likeness (QED) is 0.607. The van der Waals surface area contributed by atoms with E-state index in [1.165, 1.54) is 0 Å². The molecule has 0 spiro atoms. The van der Waals surface area contributed by atoms with E-state index in [1.54, 1.807) is 0 Å². The van der Waals surface area contributed by atoms with Gasteiger partial charge in [-0.2, -0.15) is 0 Å². The summed E-state index contributed by atoms with van der Waals surface area (Å²) in [5.74, 6) is 1.80. The summed E-state index contributed by atoms with van der Waals surface area (Å²) in [7, 11) is 0. The molecule has 1 aromatic heterocycles. The van der Waals surface area contributed by atoms with Crippen molar-refractivity contribution in [1.29, 1.82) is 0 Å². The van der Waals surface area contributed by atoms with Crippen molar-refractivity contribution in [2.45, 2.75) is 13.5 Å². The van der Waals surface area contributed by atoms with Crippen molar-refractivity contribution in [2.75, 3.05) is 39.3 Å². The molecule has 1 amide bonds. The standard InChI is InChI=1S/C24H28N4O2/c1-20-6-5-9-22(18-20)30-19-23(29)27-15-12-26(13-16-27)14-17-28-11-10-25-24(28)21-7-3-2-4-8-21/h2-11,18H,12-17,19H2,1H3. The van der Waals surface area contributed by atoms with Crippen LogP contribution in [0.1, 0.15) is 5.56 Å². The van der Waals surface area contributed by atoms with Gasteiger partial charge in [-0.15, -0.1) is 0 Å². The average Bonchev–Trinajstić information content (AvgIpc) is 3.26. The molecule has 0 radical (unpaired) electrons. The van der Waals surface area contributed by atoms with Crippen molar-refractivity contribution in [2.24, 2.45) is 0 Å². The summed E-state index contributed by atoms with van der Waals surface area (Å²) in [6, 6.07) is 18.1. The molecule has 1 fully saturated rings. The van der Waals surface area contributed by atoms with E-state index >= 15 is 0 Å². The largest absolute Gasteiger partial charge is 0.484 e. The zero-order valence-electron chi connectivity index (χ0n) is 17.4. The predicted octanol–water partition coefficient (Wildman–Crippen LogP) is 3.08. The van der Waals surface area contributed by atoms with Crippen LogP contribution in [0.15, 0.2) is 67.0 Å². The van der Waals surface area contributed by atoms with E-state index in [9.17, 15) is 4.79 Å². The first-order chi connectivity index (χ1) is 14.7. The van der Waals surface area contributed by atoms with E-state index in [0.717, 1.165) is 62.0 Å². The number of aryl methyl sites for hydroxylation is 1. The lowest BCUT2D eigenvalue weighted by Crippen LogP contribution is -2.50. The Hall–Kier alpha value is -3.12. The minimum Gasteiger partial charge on any atom is -0.484 e. The van der Waals surface area contributed by atoms with Crippen LogP contribution in [0.25, 0.3) is 11.4 Å². The highest BCUT2D eigenvalue weighted by atomic mass is 16.5. The van der Waals surface area contributed by atoms with Crippen LogP contribution in [-0.4, -0.2) is 64.6 Å². The summed E-state index contributed by atoms with van der Waals surface area (Å²) in [5, 5.41) is 0. The molecule has 30 heavy (non-hydrogen) atoms. The van der Waals surface area contributed by atoms with Gasteiger partial charge in [0, 0.05) is 57.2 Å². The molecule has 0 aliphatic carbocycles. The highest BCUT2D eigenvalue weighted by Crippen LogP contribution is 2.17. The van der Waals surface area contributed by atoms with Crippen molar-refractivity contribution in [3.63, 3.8) is 0 Å². The molecule has 2 aromatic carbocycles. The molecule has 0 N–H and O–H groups in total. The number of amides is 1. The maximum atomic E-state index is 12.5. The number of benzene rings is 2. The highest BCUT2D eigenvalue weighted by molar-refractivity contribution is 5.77. The molecule has 0 saturated carbocycles. The molecule has 1 aliphatic heterocycles. The third-order valence-electron chi connectivity index (χ3n) is 5.48. The molecule has 0 atom stereocenters. The molecule has 156 valence electrons. The van der Waals surface area contributed by atoms with Crippen molar-refractivity contribution in [3.8, 4) is 17.1 Å². The van der Waals surface area contributed by atoms with E-state index in [-0.39, 0.29) is 12.5 Å². The van der Waals surface area contributed by atoms with E-state index < -0.39 is 0 Å². The van der Waals surface area contributed by atoms with Crippen LogP contribution in [0.2, 0.25) is 0 Å². The zero-order chi connectivity index (χ0) is 20.8. The van der Waals surface area contributed by atoms with Crippen LogP contribution in [-0.2, 0) is 11.3 Å². The Kier molecular flexibility index (Phi) is 6.44. The van der Waals surface area contributed by atoms with Gasteiger partial charge < -0.3 is 14.2 Å². The Morgan fingerprint density at radius 1 is 1.00 bits per heavy atom. The SMILES string of the molecule is Cc1cccc(OCC(=O)N2CCN(CCn3ccnc3-c3ccccc3)CC2)c1. The number of imidazole rings is 1. The number of carbonyl (C=O) groups excluding carboxylic acids is 1. The summed E-state index contributed by atoms with van der Waals surface area (Å²) in [6.45, 7) is 7.18. The van der Waals surface area contributed by atoms with Gasteiger partial charge in [-0.3, -0.25) is 9.69 Å². The lowest BCUT2D eigenvalue weighted by Gasteiger charge is -2.34. The van der Waals surface area contributed by atoms with Gasteiger partial charge in [-0.05, 0) is 24.6 Å². The van der Waals surface area contributed by atoms with Gasteiger partial charge in [0.25, 0.3) is 5.91 Å². The van der Waals surface area contributed by atoms with Gasteiger partial charge in [-0.1, -0.05) is 42.5 Å². The van der Waals surface area contributed by atoms with Crippen LogP contribution in [0.5, 0.6) is 5.75 Å². The molecule has 6 nitrogen and oxygen atoms in total.